The Bertz CT molecular complexity index is 650. The molecule has 2 aromatic carbocycles. The van der Waals surface area contributed by atoms with Crippen molar-refractivity contribution in [3.05, 3.63) is 53.9 Å². The lowest BCUT2D eigenvalue weighted by Gasteiger charge is -2.15. The molecule has 106 valence electrons. The molecule has 0 radical (unpaired) electrons. The minimum Gasteiger partial charge on any atom is -0.122 e. The molecule has 0 amide bonds. The van der Waals surface area contributed by atoms with Crippen LogP contribution in [-0.4, -0.2) is 0 Å². The molecule has 0 fully saturated rings. The second-order valence-electron chi connectivity index (χ2n) is 3.88. The predicted molar refractivity (Wildman–Crippen MR) is 91.5 cm³/mol. The molecule has 7 heteroatoms. The molecule has 0 heterocycles. The Kier molecular flexibility index (Phi) is 5.64. The summed E-state index contributed by atoms with van der Waals surface area (Å²) in [7, 11) is 0. The molecule has 0 aliphatic heterocycles. The van der Waals surface area contributed by atoms with E-state index in [0.717, 1.165) is 5.56 Å². The minimum atomic E-state index is 0.119. The largest absolute Gasteiger partial charge is 0.122 e. The van der Waals surface area contributed by atoms with Crippen LogP contribution in [0.5, 0.6) is 0 Å². The smallest absolute Gasteiger partial charge is 0.0809 e. The average molecular weight is 409 g/mol. The Labute approximate surface area is 151 Å². The quantitative estimate of drug-likeness (QED) is 0.268. The number of rotatable bonds is 2. The molecule has 2 aromatic rings. The molecule has 0 saturated carbocycles. The monoisotopic (exact) mass is 406 g/mol. The second kappa shape index (κ2) is 6.71. The van der Waals surface area contributed by atoms with E-state index in [2.05, 4.69) is 0 Å². The average Bonchev–Trinajstić information content (AvgIpc) is 2.44. The minimum absolute atomic E-state index is 0.119. The van der Waals surface area contributed by atoms with Gasteiger partial charge in [0.15, 0.2) is 0 Å². The Morgan fingerprint density at radius 3 is 1.70 bits per heavy atom. The van der Waals surface area contributed by atoms with E-state index in [1.165, 1.54) is 0 Å². The summed E-state index contributed by atoms with van der Waals surface area (Å²) >= 11 is 42.5. The van der Waals surface area contributed by atoms with Gasteiger partial charge in [-0.25, -0.2) is 0 Å². The van der Waals surface area contributed by atoms with E-state index >= 15 is 0 Å². The van der Waals surface area contributed by atoms with Gasteiger partial charge in [0.1, 0.15) is 0 Å². The van der Waals surface area contributed by atoms with Crippen LogP contribution >= 0.6 is 81.2 Å². The summed E-state index contributed by atoms with van der Waals surface area (Å²) in [4.78, 5) is 0. The van der Waals surface area contributed by atoms with Crippen molar-refractivity contribution >= 4 is 81.2 Å². The van der Waals surface area contributed by atoms with E-state index in [4.69, 9.17) is 81.2 Å². The maximum atomic E-state index is 6.24. The molecule has 0 aliphatic carbocycles. The summed E-state index contributed by atoms with van der Waals surface area (Å²) in [5.41, 5.74) is 1.96. The number of alkyl halides is 1. The number of benzene rings is 2. The zero-order valence-electron chi connectivity index (χ0n) is 9.58. The van der Waals surface area contributed by atoms with Crippen molar-refractivity contribution in [3.63, 3.8) is 0 Å². The van der Waals surface area contributed by atoms with Crippen molar-refractivity contribution in [3.8, 4) is 11.1 Å². The highest BCUT2D eigenvalue weighted by atomic mass is 35.5. The highest BCUT2D eigenvalue weighted by Crippen LogP contribution is 2.49. The van der Waals surface area contributed by atoms with E-state index < -0.39 is 0 Å². The Morgan fingerprint density at radius 1 is 0.700 bits per heavy atom. The third-order valence-corrected chi connectivity index (χ3v) is 5.49. The van der Waals surface area contributed by atoms with Crippen molar-refractivity contribution in [2.24, 2.45) is 0 Å². The topological polar surface area (TPSA) is 0 Å². The molecule has 0 saturated heterocycles. The van der Waals surface area contributed by atoms with Crippen LogP contribution in [0, 0.1) is 0 Å². The second-order valence-corrected chi connectivity index (χ2v) is 6.47. The van der Waals surface area contributed by atoms with E-state index in [9.17, 15) is 0 Å². The van der Waals surface area contributed by atoms with Crippen molar-refractivity contribution in [1.82, 2.24) is 0 Å². The summed E-state index contributed by atoms with van der Waals surface area (Å²) < 4.78 is 0. The van der Waals surface area contributed by atoms with Crippen molar-refractivity contribution in [2.75, 3.05) is 0 Å². The summed E-state index contributed by atoms with van der Waals surface area (Å²) in [5.74, 6) is 0.237. The first kappa shape index (κ1) is 16.8. The van der Waals surface area contributed by atoms with Gasteiger partial charge in [0.25, 0.3) is 0 Å². The third-order valence-electron chi connectivity index (χ3n) is 2.69. The third kappa shape index (κ3) is 2.98. The van der Waals surface area contributed by atoms with Gasteiger partial charge in [0, 0.05) is 16.5 Å². The van der Waals surface area contributed by atoms with Gasteiger partial charge in [-0.2, -0.15) is 0 Å². The van der Waals surface area contributed by atoms with Crippen LogP contribution in [0.15, 0.2) is 18.2 Å². The normalized spacial score (nSPS) is 10.9. The molecule has 2 rings (SSSR count). The standard InChI is InChI=1S/C13H5Cl7/c14-4-5-3-6(15)1-2-7(5)8-9(16)11(18)13(20)12(19)10(8)17/h1-3H,4H2. The molecule has 20 heavy (non-hydrogen) atoms. The van der Waals surface area contributed by atoms with Gasteiger partial charge < -0.3 is 0 Å². The maximum absolute atomic E-state index is 6.24. The van der Waals surface area contributed by atoms with Gasteiger partial charge in [-0.15, -0.1) is 11.6 Å². The van der Waals surface area contributed by atoms with Crippen LogP contribution in [0.25, 0.3) is 11.1 Å². The maximum Gasteiger partial charge on any atom is 0.0809 e. The molecule has 0 N–H and O–H groups in total. The number of hydrogen-bond donors (Lipinski definition) is 0. The Balaban J connectivity index is 2.83. The van der Waals surface area contributed by atoms with Crippen molar-refractivity contribution in [2.45, 2.75) is 5.88 Å². The molecular weight excluding hydrogens is 404 g/mol. The molecule has 0 bridgehead atoms. The van der Waals surface area contributed by atoms with Crippen LogP contribution < -0.4 is 0 Å². The fourth-order valence-corrected chi connectivity index (χ4v) is 3.52. The first-order valence-corrected chi connectivity index (χ1v) is 8.05. The van der Waals surface area contributed by atoms with Crippen molar-refractivity contribution in [1.29, 1.82) is 0 Å². The van der Waals surface area contributed by atoms with Crippen LogP contribution in [0.2, 0.25) is 30.1 Å². The Hall–Kier alpha value is 0.470. The summed E-state index contributed by atoms with van der Waals surface area (Å²) in [5, 5.41) is 1.41. The SMILES string of the molecule is ClCc1cc(Cl)ccc1-c1c(Cl)c(Cl)c(Cl)c(Cl)c1Cl. The van der Waals surface area contributed by atoms with Gasteiger partial charge in [0.05, 0.1) is 25.1 Å². The van der Waals surface area contributed by atoms with E-state index in [-0.39, 0.29) is 31.0 Å². The summed E-state index contributed by atoms with van der Waals surface area (Å²) in [6.07, 6.45) is 0. The summed E-state index contributed by atoms with van der Waals surface area (Å²) in [6.45, 7) is 0. The van der Waals surface area contributed by atoms with Crippen LogP contribution in [0.1, 0.15) is 5.56 Å². The molecule has 0 nitrogen and oxygen atoms in total. The lowest BCUT2D eigenvalue weighted by molar-refractivity contribution is 1.40. The zero-order chi connectivity index (χ0) is 15.0. The fraction of sp³-hybridized carbons (Fsp3) is 0.0769. The highest BCUT2D eigenvalue weighted by Gasteiger charge is 2.21. The first-order chi connectivity index (χ1) is 9.38. The van der Waals surface area contributed by atoms with Crippen LogP contribution in [0.4, 0.5) is 0 Å². The molecule has 0 aromatic heterocycles. The molecular formula is C13H5Cl7. The van der Waals surface area contributed by atoms with Gasteiger partial charge in [-0.05, 0) is 23.3 Å². The van der Waals surface area contributed by atoms with E-state index in [1.54, 1.807) is 18.2 Å². The van der Waals surface area contributed by atoms with Crippen LogP contribution in [-0.2, 0) is 5.88 Å². The zero-order valence-corrected chi connectivity index (χ0v) is 14.9. The van der Waals surface area contributed by atoms with E-state index in [1.807, 2.05) is 0 Å². The van der Waals surface area contributed by atoms with Gasteiger partial charge in [0.2, 0.25) is 0 Å². The molecule has 0 spiro atoms. The predicted octanol–water partition coefficient (Wildman–Crippen LogP) is 8.01. The Morgan fingerprint density at radius 2 is 1.20 bits per heavy atom. The molecule has 0 unspecified atom stereocenters. The number of hydrogen-bond acceptors (Lipinski definition) is 0. The van der Waals surface area contributed by atoms with Gasteiger partial charge in [-0.3, -0.25) is 0 Å². The van der Waals surface area contributed by atoms with Gasteiger partial charge >= 0.3 is 0 Å². The van der Waals surface area contributed by atoms with Gasteiger partial charge in [-0.1, -0.05) is 75.7 Å². The molecule has 0 aliphatic rings. The lowest BCUT2D eigenvalue weighted by Crippen LogP contribution is -1.91. The van der Waals surface area contributed by atoms with Crippen molar-refractivity contribution < 1.29 is 0 Å². The van der Waals surface area contributed by atoms with E-state index in [0.29, 0.717) is 16.1 Å². The highest BCUT2D eigenvalue weighted by molar-refractivity contribution is 6.56. The first-order valence-electron chi connectivity index (χ1n) is 5.24. The van der Waals surface area contributed by atoms with Crippen LogP contribution in [0.3, 0.4) is 0 Å². The fourth-order valence-electron chi connectivity index (χ4n) is 1.76. The lowest BCUT2D eigenvalue weighted by atomic mass is 10.0. The summed E-state index contributed by atoms with van der Waals surface area (Å²) in [6, 6.07) is 5.19. The number of halogens is 7. The molecule has 0 atom stereocenters.